The molecule has 1 saturated carbocycles. The van der Waals surface area contributed by atoms with Crippen LogP contribution in [-0.4, -0.2) is 28.6 Å². The highest BCUT2D eigenvalue weighted by atomic mass is 16.4. The Labute approximate surface area is 107 Å². The molecular formula is C13H22N2O3. The van der Waals surface area contributed by atoms with E-state index in [0.29, 0.717) is 0 Å². The highest BCUT2D eigenvalue weighted by Crippen LogP contribution is 2.28. The van der Waals surface area contributed by atoms with Crippen molar-refractivity contribution in [2.45, 2.75) is 56.5 Å². The number of hydrogen-bond acceptors (Lipinski definition) is 3. The van der Waals surface area contributed by atoms with E-state index in [4.69, 9.17) is 10.8 Å². The lowest BCUT2D eigenvalue weighted by atomic mass is 9.80. The number of rotatable bonds is 6. The molecule has 0 aliphatic heterocycles. The number of carboxylic acids is 1. The van der Waals surface area contributed by atoms with Crippen LogP contribution in [0.4, 0.5) is 0 Å². The molecule has 0 spiro atoms. The van der Waals surface area contributed by atoms with Gasteiger partial charge in [-0.2, -0.15) is 0 Å². The molecule has 0 aromatic heterocycles. The Morgan fingerprint density at radius 3 is 2.50 bits per heavy atom. The average molecular weight is 254 g/mol. The van der Waals surface area contributed by atoms with Crippen LogP contribution in [0.1, 0.15) is 44.9 Å². The van der Waals surface area contributed by atoms with Crippen LogP contribution in [0.15, 0.2) is 12.7 Å². The second kappa shape index (κ2) is 6.54. The first-order valence-electron chi connectivity index (χ1n) is 6.39. The Kier molecular flexibility index (Phi) is 5.34. The molecule has 0 heterocycles. The van der Waals surface area contributed by atoms with E-state index >= 15 is 0 Å². The molecule has 1 unspecified atom stereocenters. The lowest BCUT2D eigenvalue weighted by molar-refractivity contribution is -0.142. The molecule has 1 amide bonds. The third-order valence-electron chi connectivity index (χ3n) is 3.40. The van der Waals surface area contributed by atoms with E-state index in [1.807, 2.05) is 0 Å². The van der Waals surface area contributed by atoms with Crippen LogP contribution in [0, 0.1) is 0 Å². The molecule has 0 bridgehead atoms. The standard InChI is InChI=1S/C13H22N2O3/c1-2-6-10(12(17)18)15-11(16)9-13(14)7-4-3-5-8-13/h2,10H,1,3-9,14H2,(H,15,16)(H,17,18). The molecule has 1 fully saturated rings. The SMILES string of the molecule is C=CCC(NC(=O)CC1(N)CCCCC1)C(=O)O. The summed E-state index contributed by atoms with van der Waals surface area (Å²) < 4.78 is 0. The predicted molar refractivity (Wildman–Crippen MR) is 69.0 cm³/mol. The summed E-state index contributed by atoms with van der Waals surface area (Å²) >= 11 is 0. The molecule has 1 rings (SSSR count). The first kappa shape index (κ1) is 14.7. The van der Waals surface area contributed by atoms with Gasteiger partial charge in [-0.05, 0) is 19.3 Å². The number of amides is 1. The molecule has 18 heavy (non-hydrogen) atoms. The minimum absolute atomic E-state index is 0.202. The third kappa shape index (κ3) is 4.49. The van der Waals surface area contributed by atoms with Crippen molar-refractivity contribution in [1.29, 1.82) is 0 Å². The smallest absolute Gasteiger partial charge is 0.326 e. The molecule has 0 saturated heterocycles. The van der Waals surface area contributed by atoms with Gasteiger partial charge in [0.25, 0.3) is 0 Å². The van der Waals surface area contributed by atoms with Gasteiger partial charge in [0.1, 0.15) is 6.04 Å². The van der Waals surface area contributed by atoms with Gasteiger partial charge in [-0.3, -0.25) is 4.79 Å². The van der Waals surface area contributed by atoms with Crippen molar-refractivity contribution in [3.63, 3.8) is 0 Å². The fourth-order valence-corrected chi connectivity index (χ4v) is 2.39. The van der Waals surface area contributed by atoms with Crippen LogP contribution in [0.2, 0.25) is 0 Å². The second-order valence-corrected chi connectivity index (χ2v) is 5.08. The summed E-state index contributed by atoms with van der Waals surface area (Å²) in [4.78, 5) is 22.7. The fourth-order valence-electron chi connectivity index (χ4n) is 2.39. The number of hydrogen-bond donors (Lipinski definition) is 3. The van der Waals surface area contributed by atoms with Crippen molar-refractivity contribution in [2.75, 3.05) is 0 Å². The van der Waals surface area contributed by atoms with E-state index in [9.17, 15) is 9.59 Å². The maximum Gasteiger partial charge on any atom is 0.326 e. The van der Waals surface area contributed by atoms with E-state index < -0.39 is 17.6 Å². The molecule has 0 aromatic carbocycles. The van der Waals surface area contributed by atoms with Gasteiger partial charge in [-0.15, -0.1) is 6.58 Å². The molecule has 1 aliphatic rings. The molecule has 5 heteroatoms. The van der Waals surface area contributed by atoms with Crippen molar-refractivity contribution < 1.29 is 14.7 Å². The van der Waals surface area contributed by atoms with Crippen LogP contribution >= 0.6 is 0 Å². The first-order valence-corrected chi connectivity index (χ1v) is 6.39. The number of carboxylic acid groups (broad SMARTS) is 1. The Morgan fingerprint density at radius 2 is 2.00 bits per heavy atom. The summed E-state index contributed by atoms with van der Waals surface area (Å²) in [7, 11) is 0. The molecule has 1 aliphatic carbocycles. The molecule has 102 valence electrons. The second-order valence-electron chi connectivity index (χ2n) is 5.08. The summed E-state index contributed by atoms with van der Waals surface area (Å²) in [6.45, 7) is 3.48. The molecule has 4 N–H and O–H groups in total. The number of carbonyl (C=O) groups is 2. The topological polar surface area (TPSA) is 92.4 Å². The zero-order valence-electron chi connectivity index (χ0n) is 10.7. The van der Waals surface area contributed by atoms with E-state index in [-0.39, 0.29) is 18.7 Å². The first-order chi connectivity index (χ1) is 8.47. The van der Waals surface area contributed by atoms with Gasteiger partial charge in [0.05, 0.1) is 0 Å². The van der Waals surface area contributed by atoms with E-state index in [0.717, 1.165) is 32.1 Å². The van der Waals surface area contributed by atoms with Crippen molar-refractivity contribution >= 4 is 11.9 Å². The highest BCUT2D eigenvalue weighted by molar-refractivity contribution is 5.84. The number of aliphatic carboxylic acids is 1. The third-order valence-corrected chi connectivity index (χ3v) is 3.40. The van der Waals surface area contributed by atoms with Crippen LogP contribution < -0.4 is 11.1 Å². The van der Waals surface area contributed by atoms with Gasteiger partial charge in [-0.25, -0.2) is 4.79 Å². The molecule has 1 atom stereocenters. The molecule has 5 nitrogen and oxygen atoms in total. The van der Waals surface area contributed by atoms with Crippen molar-refractivity contribution in [3.8, 4) is 0 Å². The predicted octanol–water partition coefficient (Wildman–Crippen LogP) is 1.18. The minimum atomic E-state index is -1.04. The molecular weight excluding hydrogens is 232 g/mol. The van der Waals surface area contributed by atoms with E-state index in [2.05, 4.69) is 11.9 Å². The molecule has 0 radical (unpaired) electrons. The Morgan fingerprint density at radius 1 is 1.39 bits per heavy atom. The van der Waals surface area contributed by atoms with Gasteiger partial charge < -0.3 is 16.2 Å². The van der Waals surface area contributed by atoms with Gasteiger partial charge >= 0.3 is 5.97 Å². The number of nitrogens with one attached hydrogen (secondary N) is 1. The minimum Gasteiger partial charge on any atom is -0.480 e. The van der Waals surface area contributed by atoms with Crippen molar-refractivity contribution in [1.82, 2.24) is 5.32 Å². The largest absolute Gasteiger partial charge is 0.480 e. The van der Waals surface area contributed by atoms with Crippen LogP contribution in [0.5, 0.6) is 0 Å². The summed E-state index contributed by atoms with van der Waals surface area (Å²) in [6.07, 6.45) is 6.82. The van der Waals surface area contributed by atoms with Crippen molar-refractivity contribution in [3.05, 3.63) is 12.7 Å². The van der Waals surface area contributed by atoms with Crippen LogP contribution in [0.25, 0.3) is 0 Å². The van der Waals surface area contributed by atoms with Gasteiger partial charge in [0, 0.05) is 12.0 Å². The Balaban J connectivity index is 2.48. The number of carbonyl (C=O) groups excluding carboxylic acids is 1. The van der Waals surface area contributed by atoms with E-state index in [1.165, 1.54) is 6.08 Å². The summed E-state index contributed by atoms with van der Waals surface area (Å²) in [5, 5.41) is 11.4. The Hall–Kier alpha value is -1.36. The van der Waals surface area contributed by atoms with Gasteiger partial charge in [-0.1, -0.05) is 25.3 Å². The maximum absolute atomic E-state index is 11.8. The molecule has 0 aromatic rings. The lowest BCUT2D eigenvalue weighted by Gasteiger charge is -2.33. The summed E-state index contributed by atoms with van der Waals surface area (Å²) in [6, 6.07) is -0.901. The monoisotopic (exact) mass is 254 g/mol. The quantitative estimate of drug-likeness (QED) is 0.621. The lowest BCUT2D eigenvalue weighted by Crippen LogP contribution is -2.49. The zero-order valence-corrected chi connectivity index (χ0v) is 10.7. The summed E-state index contributed by atoms with van der Waals surface area (Å²) in [5.41, 5.74) is 5.70. The summed E-state index contributed by atoms with van der Waals surface area (Å²) in [5.74, 6) is -1.33. The van der Waals surface area contributed by atoms with Crippen molar-refractivity contribution in [2.24, 2.45) is 5.73 Å². The normalized spacial score (nSPS) is 19.8. The fraction of sp³-hybridized carbons (Fsp3) is 0.692. The highest BCUT2D eigenvalue weighted by Gasteiger charge is 2.31. The zero-order chi connectivity index (χ0) is 13.6. The Bertz CT molecular complexity index is 322. The number of nitrogens with two attached hydrogens (primary N) is 1. The average Bonchev–Trinajstić information content (AvgIpc) is 2.28. The van der Waals surface area contributed by atoms with Gasteiger partial charge in [0.15, 0.2) is 0 Å². The van der Waals surface area contributed by atoms with E-state index in [1.54, 1.807) is 0 Å². The van der Waals surface area contributed by atoms with Gasteiger partial charge in [0.2, 0.25) is 5.91 Å². The van der Waals surface area contributed by atoms with Crippen LogP contribution in [0.3, 0.4) is 0 Å². The maximum atomic E-state index is 11.8. The van der Waals surface area contributed by atoms with Crippen LogP contribution in [-0.2, 0) is 9.59 Å².